The highest BCUT2D eigenvalue weighted by Gasteiger charge is 2.36. The molecule has 0 N–H and O–H groups in total. The van der Waals surface area contributed by atoms with E-state index < -0.39 is 10.2 Å². The maximum absolute atomic E-state index is 12.1. The van der Waals surface area contributed by atoms with Crippen LogP contribution in [0.25, 0.3) is 0 Å². The largest absolute Gasteiger partial charge is 0.281 e. The van der Waals surface area contributed by atoms with Crippen molar-refractivity contribution in [3.8, 4) is 0 Å². The molecule has 2 heterocycles. The van der Waals surface area contributed by atoms with E-state index in [4.69, 9.17) is 0 Å². The molecule has 1 unspecified atom stereocenters. The van der Waals surface area contributed by atoms with Gasteiger partial charge in [-0.05, 0) is 25.2 Å². The number of rotatable bonds is 3. The highest BCUT2D eigenvalue weighted by molar-refractivity contribution is 9.09. The monoisotopic (exact) mass is 296 g/mol. The van der Waals surface area contributed by atoms with Gasteiger partial charge in [0.1, 0.15) is 0 Å². The predicted octanol–water partition coefficient (Wildman–Crippen LogP) is 1.04. The summed E-state index contributed by atoms with van der Waals surface area (Å²) in [5.41, 5.74) is 0. The summed E-state index contributed by atoms with van der Waals surface area (Å²) in [5.74, 6) is 0.488. The van der Waals surface area contributed by atoms with Crippen molar-refractivity contribution in [1.82, 2.24) is 8.61 Å². The van der Waals surface area contributed by atoms with Gasteiger partial charge >= 0.3 is 0 Å². The van der Waals surface area contributed by atoms with Crippen LogP contribution in [0.1, 0.15) is 19.3 Å². The molecule has 2 aliphatic heterocycles. The Labute approximate surface area is 99.9 Å². The van der Waals surface area contributed by atoms with Crippen LogP contribution in [0.15, 0.2) is 0 Å². The van der Waals surface area contributed by atoms with Crippen molar-refractivity contribution in [2.75, 3.05) is 31.5 Å². The minimum atomic E-state index is -3.14. The van der Waals surface area contributed by atoms with Crippen molar-refractivity contribution in [2.45, 2.75) is 19.3 Å². The van der Waals surface area contributed by atoms with Gasteiger partial charge in [0.25, 0.3) is 10.2 Å². The SMILES string of the molecule is O=S(=O)(N1CCCC1)N1CCC(CBr)C1. The Kier molecular flexibility index (Phi) is 3.70. The fraction of sp³-hybridized carbons (Fsp3) is 1.00. The van der Waals surface area contributed by atoms with Crippen molar-refractivity contribution < 1.29 is 8.42 Å². The lowest BCUT2D eigenvalue weighted by molar-refractivity contribution is 0.392. The summed E-state index contributed by atoms with van der Waals surface area (Å²) in [7, 11) is -3.14. The van der Waals surface area contributed by atoms with E-state index in [-0.39, 0.29) is 0 Å². The van der Waals surface area contributed by atoms with Crippen LogP contribution in [0.4, 0.5) is 0 Å². The highest BCUT2D eigenvalue weighted by atomic mass is 79.9. The maximum atomic E-state index is 12.1. The Morgan fingerprint density at radius 2 is 1.80 bits per heavy atom. The van der Waals surface area contributed by atoms with E-state index in [0.29, 0.717) is 32.1 Å². The molecule has 15 heavy (non-hydrogen) atoms. The highest BCUT2D eigenvalue weighted by Crippen LogP contribution is 2.24. The van der Waals surface area contributed by atoms with Crippen molar-refractivity contribution in [3.63, 3.8) is 0 Å². The second kappa shape index (κ2) is 4.69. The third-order valence-corrected chi connectivity index (χ3v) is 6.10. The number of alkyl halides is 1. The van der Waals surface area contributed by atoms with E-state index in [2.05, 4.69) is 15.9 Å². The molecule has 2 aliphatic rings. The molecule has 88 valence electrons. The summed E-state index contributed by atoms with van der Waals surface area (Å²) in [6.45, 7) is 2.79. The van der Waals surface area contributed by atoms with Gasteiger partial charge in [-0.15, -0.1) is 0 Å². The molecule has 0 aromatic heterocycles. The fourth-order valence-corrected chi connectivity index (χ4v) is 4.52. The van der Waals surface area contributed by atoms with Crippen molar-refractivity contribution in [3.05, 3.63) is 0 Å². The molecule has 2 saturated heterocycles. The van der Waals surface area contributed by atoms with Crippen molar-refractivity contribution in [1.29, 1.82) is 0 Å². The number of halogens is 1. The quantitative estimate of drug-likeness (QED) is 0.730. The lowest BCUT2D eigenvalue weighted by atomic mass is 10.2. The smallest absolute Gasteiger partial charge is 0.195 e. The topological polar surface area (TPSA) is 40.6 Å². The number of hydrogen-bond acceptors (Lipinski definition) is 2. The maximum Gasteiger partial charge on any atom is 0.281 e. The molecule has 0 amide bonds. The second-order valence-electron chi connectivity index (χ2n) is 4.28. The molecule has 0 saturated carbocycles. The van der Waals surface area contributed by atoms with E-state index >= 15 is 0 Å². The summed E-state index contributed by atoms with van der Waals surface area (Å²) in [5, 5.41) is 0.902. The first-order valence-electron chi connectivity index (χ1n) is 5.46. The van der Waals surface area contributed by atoms with E-state index in [0.717, 1.165) is 24.6 Å². The molecule has 1 atom stereocenters. The third-order valence-electron chi connectivity index (χ3n) is 3.18. The molecule has 4 nitrogen and oxygen atoms in total. The Hall–Kier alpha value is 0.350. The molecule has 2 fully saturated rings. The van der Waals surface area contributed by atoms with Crippen LogP contribution in [-0.2, 0) is 10.2 Å². The first kappa shape index (κ1) is 11.8. The van der Waals surface area contributed by atoms with Crippen molar-refractivity contribution >= 4 is 26.1 Å². The minimum Gasteiger partial charge on any atom is -0.195 e. The zero-order chi connectivity index (χ0) is 10.9. The van der Waals surface area contributed by atoms with Gasteiger partial charge in [0.2, 0.25) is 0 Å². The van der Waals surface area contributed by atoms with Gasteiger partial charge in [-0.1, -0.05) is 15.9 Å². The van der Waals surface area contributed by atoms with Crippen LogP contribution in [0, 0.1) is 5.92 Å². The predicted molar refractivity (Wildman–Crippen MR) is 63.2 cm³/mol. The molecule has 0 aliphatic carbocycles. The van der Waals surface area contributed by atoms with Crippen LogP contribution in [0.3, 0.4) is 0 Å². The molecular formula is C9H17BrN2O2S. The van der Waals surface area contributed by atoms with Crippen LogP contribution >= 0.6 is 15.9 Å². The Morgan fingerprint density at radius 3 is 2.33 bits per heavy atom. The Balaban J connectivity index is 2.03. The fourth-order valence-electron chi connectivity index (χ4n) is 2.21. The first-order chi connectivity index (χ1) is 7.14. The van der Waals surface area contributed by atoms with Gasteiger partial charge < -0.3 is 0 Å². The normalized spacial score (nSPS) is 30.1. The lowest BCUT2D eigenvalue weighted by Gasteiger charge is -2.23. The average molecular weight is 297 g/mol. The van der Waals surface area contributed by atoms with Crippen LogP contribution < -0.4 is 0 Å². The van der Waals surface area contributed by atoms with E-state index in [1.807, 2.05) is 0 Å². The molecule has 6 heteroatoms. The summed E-state index contributed by atoms with van der Waals surface area (Å²) in [6.07, 6.45) is 3.00. The standard InChI is InChI=1S/C9H17BrN2O2S/c10-7-9-3-6-12(8-9)15(13,14)11-4-1-2-5-11/h9H,1-8H2. The van der Waals surface area contributed by atoms with E-state index in [1.54, 1.807) is 8.61 Å². The number of hydrogen-bond donors (Lipinski definition) is 0. The average Bonchev–Trinajstić information content (AvgIpc) is 2.89. The van der Waals surface area contributed by atoms with Gasteiger partial charge in [0.15, 0.2) is 0 Å². The molecule has 0 spiro atoms. The van der Waals surface area contributed by atoms with E-state index in [9.17, 15) is 8.42 Å². The molecule has 0 radical (unpaired) electrons. The third kappa shape index (κ3) is 2.38. The molecule has 0 aromatic carbocycles. The molecular weight excluding hydrogens is 280 g/mol. The van der Waals surface area contributed by atoms with Gasteiger partial charge in [-0.3, -0.25) is 0 Å². The zero-order valence-corrected chi connectivity index (χ0v) is 11.1. The summed E-state index contributed by atoms with van der Waals surface area (Å²) < 4.78 is 27.5. The number of nitrogens with zero attached hydrogens (tertiary/aromatic N) is 2. The minimum absolute atomic E-state index is 0.488. The van der Waals surface area contributed by atoms with Gasteiger partial charge in [0, 0.05) is 31.5 Å². The van der Waals surface area contributed by atoms with Gasteiger partial charge in [-0.2, -0.15) is 17.0 Å². The van der Waals surface area contributed by atoms with Crippen LogP contribution in [-0.4, -0.2) is 48.5 Å². The Morgan fingerprint density at radius 1 is 1.13 bits per heavy atom. The molecule has 2 rings (SSSR count). The summed E-state index contributed by atoms with van der Waals surface area (Å²) in [4.78, 5) is 0. The van der Waals surface area contributed by atoms with Crippen LogP contribution in [0.2, 0.25) is 0 Å². The van der Waals surface area contributed by atoms with Crippen molar-refractivity contribution in [2.24, 2.45) is 5.92 Å². The van der Waals surface area contributed by atoms with E-state index in [1.165, 1.54) is 0 Å². The molecule has 0 bridgehead atoms. The van der Waals surface area contributed by atoms with Crippen LogP contribution in [0.5, 0.6) is 0 Å². The first-order valence-corrected chi connectivity index (χ1v) is 7.97. The zero-order valence-electron chi connectivity index (χ0n) is 8.73. The van der Waals surface area contributed by atoms with Gasteiger partial charge in [0.05, 0.1) is 0 Å². The summed E-state index contributed by atoms with van der Waals surface area (Å²) in [6, 6.07) is 0. The molecule has 0 aromatic rings. The summed E-state index contributed by atoms with van der Waals surface area (Å²) >= 11 is 3.42. The Bertz CT molecular complexity index is 314. The van der Waals surface area contributed by atoms with Gasteiger partial charge in [-0.25, -0.2) is 0 Å². The lowest BCUT2D eigenvalue weighted by Crippen LogP contribution is -2.41. The second-order valence-corrected chi connectivity index (χ2v) is 6.86.